The first-order valence-electron chi connectivity index (χ1n) is 6.64. The Morgan fingerprint density at radius 1 is 1.04 bits per heavy atom. The summed E-state index contributed by atoms with van der Waals surface area (Å²) in [5.41, 5.74) is 1.46. The van der Waals surface area contributed by atoms with E-state index in [1.165, 1.54) is 6.07 Å². The highest BCUT2D eigenvalue weighted by Crippen LogP contribution is 2.27. The summed E-state index contributed by atoms with van der Waals surface area (Å²) >= 11 is 6.10. The molecule has 0 radical (unpaired) electrons. The third-order valence-corrected chi connectivity index (χ3v) is 3.36. The summed E-state index contributed by atoms with van der Waals surface area (Å²) in [6.07, 6.45) is 0. The minimum Gasteiger partial charge on any atom is -0.454 e. The van der Waals surface area contributed by atoms with Gasteiger partial charge in [0.2, 0.25) is 12.7 Å². The highest BCUT2D eigenvalue weighted by molar-refractivity contribution is 6.33. The Morgan fingerprint density at radius 2 is 1.87 bits per heavy atom. The summed E-state index contributed by atoms with van der Waals surface area (Å²) in [5.74, 6) is -1.31. The van der Waals surface area contributed by atoms with Crippen LogP contribution in [0.4, 0.5) is 8.78 Å². The smallest absolute Gasteiger partial charge is 0.236 e. The van der Waals surface area contributed by atoms with Crippen LogP contribution in [0.15, 0.2) is 48.5 Å². The molecular weight excluding hydrogens is 326 g/mol. The summed E-state index contributed by atoms with van der Waals surface area (Å²) in [6.45, 7) is -0.268. The Labute approximate surface area is 135 Å². The quantitative estimate of drug-likeness (QED) is 0.701. The van der Waals surface area contributed by atoms with Gasteiger partial charge in [0, 0.05) is 22.7 Å². The van der Waals surface area contributed by atoms with E-state index in [2.05, 4.69) is 10.2 Å². The van der Waals surface area contributed by atoms with Crippen LogP contribution in [0.3, 0.4) is 0 Å². The van der Waals surface area contributed by atoms with Gasteiger partial charge in [-0.15, -0.1) is 5.10 Å². The van der Waals surface area contributed by atoms with E-state index in [1.54, 1.807) is 12.1 Å². The van der Waals surface area contributed by atoms with Gasteiger partial charge in [-0.05, 0) is 18.2 Å². The largest absolute Gasteiger partial charge is 0.454 e. The van der Waals surface area contributed by atoms with Crippen LogP contribution in [-0.4, -0.2) is 17.0 Å². The zero-order valence-corrected chi connectivity index (χ0v) is 12.5. The van der Waals surface area contributed by atoms with Crippen LogP contribution in [0.5, 0.6) is 11.6 Å². The van der Waals surface area contributed by atoms with E-state index < -0.39 is 11.6 Å². The van der Waals surface area contributed by atoms with Crippen molar-refractivity contribution in [3.05, 3.63) is 65.2 Å². The number of rotatable bonds is 5. The third-order valence-electron chi connectivity index (χ3n) is 3.03. The minimum absolute atomic E-state index is 0.103. The van der Waals surface area contributed by atoms with Crippen LogP contribution in [0.25, 0.3) is 11.3 Å². The van der Waals surface area contributed by atoms with E-state index >= 15 is 0 Å². The topological polar surface area (TPSA) is 47.1 Å². The lowest BCUT2D eigenvalue weighted by molar-refractivity contribution is 0.110. The number of hydrogen-bond acceptors (Lipinski definition) is 3. The molecule has 0 aliphatic rings. The molecular formula is C16H11ClF2N2O2. The zero-order valence-electron chi connectivity index (χ0n) is 11.7. The normalized spacial score (nSPS) is 10.6. The van der Waals surface area contributed by atoms with Gasteiger partial charge in [0.25, 0.3) is 0 Å². The summed E-state index contributed by atoms with van der Waals surface area (Å²) in [6, 6.07) is 11.9. The van der Waals surface area contributed by atoms with Crippen molar-refractivity contribution in [2.75, 3.05) is 6.79 Å². The van der Waals surface area contributed by atoms with Crippen molar-refractivity contribution in [3.8, 4) is 22.9 Å². The predicted molar refractivity (Wildman–Crippen MR) is 81.5 cm³/mol. The molecule has 0 saturated carbocycles. The van der Waals surface area contributed by atoms with Gasteiger partial charge >= 0.3 is 0 Å². The molecule has 7 heteroatoms. The van der Waals surface area contributed by atoms with E-state index in [9.17, 15) is 8.78 Å². The Hall–Kier alpha value is -2.60. The van der Waals surface area contributed by atoms with Crippen molar-refractivity contribution < 1.29 is 18.3 Å². The number of H-pyrrole nitrogens is 1. The molecule has 3 rings (SSSR count). The maximum atomic E-state index is 13.4. The number of halogens is 3. The lowest BCUT2D eigenvalue weighted by Crippen LogP contribution is -2.07. The summed E-state index contributed by atoms with van der Waals surface area (Å²) in [4.78, 5) is 0. The van der Waals surface area contributed by atoms with Gasteiger partial charge in [-0.3, -0.25) is 5.10 Å². The molecule has 0 saturated heterocycles. The van der Waals surface area contributed by atoms with Crippen LogP contribution in [-0.2, 0) is 0 Å². The molecule has 0 bridgehead atoms. The van der Waals surface area contributed by atoms with E-state index in [-0.39, 0.29) is 18.4 Å². The van der Waals surface area contributed by atoms with Gasteiger partial charge in [-0.25, -0.2) is 8.78 Å². The lowest BCUT2D eigenvalue weighted by atomic mass is 10.1. The Kier molecular flexibility index (Phi) is 4.43. The SMILES string of the molecule is Fc1ccc(OCOc2cc(-c3ccccc3Cl)[nH]n2)c(F)c1. The van der Waals surface area contributed by atoms with Gasteiger partial charge in [-0.2, -0.15) is 0 Å². The van der Waals surface area contributed by atoms with Gasteiger partial charge in [0.05, 0.1) is 5.69 Å². The third kappa shape index (κ3) is 3.60. The second-order valence-corrected chi connectivity index (χ2v) is 4.99. The summed E-state index contributed by atoms with van der Waals surface area (Å²) in [5, 5.41) is 7.33. The number of ether oxygens (including phenoxy) is 2. The Morgan fingerprint density at radius 3 is 2.65 bits per heavy atom. The molecule has 23 heavy (non-hydrogen) atoms. The maximum absolute atomic E-state index is 13.4. The first kappa shape index (κ1) is 15.3. The van der Waals surface area contributed by atoms with Crippen molar-refractivity contribution in [1.29, 1.82) is 0 Å². The molecule has 2 aromatic carbocycles. The van der Waals surface area contributed by atoms with E-state index in [4.69, 9.17) is 21.1 Å². The molecule has 0 atom stereocenters. The van der Waals surface area contributed by atoms with Crippen molar-refractivity contribution >= 4 is 11.6 Å². The second kappa shape index (κ2) is 6.66. The van der Waals surface area contributed by atoms with Crippen molar-refractivity contribution in [3.63, 3.8) is 0 Å². The van der Waals surface area contributed by atoms with E-state index in [0.29, 0.717) is 10.7 Å². The van der Waals surface area contributed by atoms with Crippen LogP contribution >= 0.6 is 11.6 Å². The lowest BCUT2D eigenvalue weighted by Gasteiger charge is -2.06. The van der Waals surface area contributed by atoms with Gasteiger partial charge in [0.1, 0.15) is 5.82 Å². The highest BCUT2D eigenvalue weighted by atomic mass is 35.5. The molecule has 1 N–H and O–H groups in total. The Bertz CT molecular complexity index is 823. The Balaban J connectivity index is 1.63. The monoisotopic (exact) mass is 336 g/mol. The van der Waals surface area contributed by atoms with Crippen molar-refractivity contribution in [2.24, 2.45) is 0 Å². The number of benzene rings is 2. The molecule has 0 unspecified atom stereocenters. The van der Waals surface area contributed by atoms with E-state index in [0.717, 1.165) is 17.7 Å². The number of aromatic amines is 1. The minimum atomic E-state index is -0.799. The van der Waals surface area contributed by atoms with Crippen LogP contribution in [0.2, 0.25) is 5.02 Å². The summed E-state index contributed by atoms with van der Waals surface area (Å²) < 4.78 is 36.5. The first-order valence-corrected chi connectivity index (χ1v) is 7.02. The number of nitrogens with zero attached hydrogens (tertiary/aromatic N) is 1. The van der Waals surface area contributed by atoms with Crippen molar-refractivity contribution in [1.82, 2.24) is 10.2 Å². The molecule has 118 valence electrons. The summed E-state index contributed by atoms with van der Waals surface area (Å²) in [7, 11) is 0. The van der Waals surface area contributed by atoms with Crippen LogP contribution in [0, 0.1) is 11.6 Å². The fourth-order valence-corrected chi connectivity index (χ4v) is 2.18. The zero-order chi connectivity index (χ0) is 16.2. The molecule has 0 fully saturated rings. The fourth-order valence-electron chi connectivity index (χ4n) is 1.94. The molecule has 3 aromatic rings. The van der Waals surface area contributed by atoms with Gasteiger partial charge in [-0.1, -0.05) is 29.8 Å². The highest BCUT2D eigenvalue weighted by Gasteiger charge is 2.09. The number of nitrogens with one attached hydrogen (secondary N) is 1. The number of aromatic nitrogens is 2. The average molecular weight is 337 g/mol. The van der Waals surface area contributed by atoms with Gasteiger partial charge in [0.15, 0.2) is 11.6 Å². The molecule has 0 aliphatic carbocycles. The maximum Gasteiger partial charge on any atom is 0.236 e. The molecule has 0 amide bonds. The molecule has 1 aromatic heterocycles. The number of hydrogen-bond donors (Lipinski definition) is 1. The van der Waals surface area contributed by atoms with Gasteiger partial charge < -0.3 is 9.47 Å². The van der Waals surface area contributed by atoms with Crippen LogP contribution in [0.1, 0.15) is 0 Å². The molecule has 0 spiro atoms. The molecule has 1 heterocycles. The second-order valence-electron chi connectivity index (χ2n) is 4.58. The van der Waals surface area contributed by atoms with Crippen molar-refractivity contribution in [2.45, 2.75) is 0 Å². The molecule has 4 nitrogen and oxygen atoms in total. The standard InChI is InChI=1S/C16H11ClF2N2O2/c17-12-4-2-1-3-11(12)14-8-16(21-20-14)23-9-22-15-6-5-10(18)7-13(15)19/h1-8H,9H2,(H,20,21). The predicted octanol–water partition coefficient (Wildman–Crippen LogP) is 4.42. The van der Waals surface area contributed by atoms with Crippen LogP contribution < -0.4 is 9.47 Å². The fraction of sp³-hybridized carbons (Fsp3) is 0.0625. The first-order chi connectivity index (χ1) is 11.1. The van der Waals surface area contributed by atoms with E-state index in [1.807, 2.05) is 18.2 Å². The molecule has 0 aliphatic heterocycles. The average Bonchev–Trinajstić information content (AvgIpc) is 2.98.